The van der Waals surface area contributed by atoms with Crippen LogP contribution in [0.2, 0.25) is 0 Å². The fraction of sp³-hybridized carbons (Fsp3) is 0. The van der Waals surface area contributed by atoms with Crippen LogP contribution in [0.3, 0.4) is 0 Å². The van der Waals surface area contributed by atoms with E-state index < -0.39 is 0 Å². The highest BCUT2D eigenvalue weighted by molar-refractivity contribution is 5.85. The molecule has 7 rings (SSSR count). The number of fused-ring (bicyclic) bond motifs is 6. The fourth-order valence-corrected chi connectivity index (χ4v) is 4.87. The lowest BCUT2D eigenvalue weighted by Gasteiger charge is -2.22. The van der Waals surface area contributed by atoms with E-state index in [9.17, 15) is 0 Å². The normalized spacial score (nSPS) is 11.7. The first-order valence-corrected chi connectivity index (χ1v) is 12.2. The summed E-state index contributed by atoms with van der Waals surface area (Å²) in [6, 6.07) is 41.1. The predicted molar refractivity (Wildman–Crippen MR) is 147 cm³/mol. The van der Waals surface area contributed by atoms with Gasteiger partial charge < -0.3 is 13.9 Å². The van der Waals surface area contributed by atoms with Gasteiger partial charge in [0, 0.05) is 27.8 Å². The summed E-state index contributed by atoms with van der Waals surface area (Å²) in [5.74, 6) is 3.08. The van der Waals surface area contributed by atoms with Crippen molar-refractivity contribution in [2.24, 2.45) is 0 Å². The molecule has 0 unspecified atom stereocenters. The lowest BCUT2D eigenvalue weighted by Crippen LogP contribution is -1.98. The van der Waals surface area contributed by atoms with Crippen molar-refractivity contribution in [2.45, 2.75) is 0 Å². The van der Waals surface area contributed by atoms with Gasteiger partial charge in [-0.05, 0) is 59.2 Å². The minimum atomic E-state index is 0.753. The lowest BCUT2D eigenvalue weighted by molar-refractivity contribution is 0.472. The first-order valence-electron chi connectivity index (χ1n) is 12.2. The van der Waals surface area contributed by atoms with Gasteiger partial charge in [0.05, 0.1) is 12.5 Å². The topological polar surface area (TPSA) is 31.6 Å². The van der Waals surface area contributed by atoms with Crippen LogP contribution in [0.4, 0.5) is 0 Å². The van der Waals surface area contributed by atoms with Crippen molar-refractivity contribution >= 4 is 0 Å². The molecular weight excluding hydrogens is 456 g/mol. The third-order valence-electron chi connectivity index (χ3n) is 6.72. The first-order chi connectivity index (χ1) is 18.3. The van der Waals surface area contributed by atoms with Gasteiger partial charge in [-0.15, -0.1) is 0 Å². The number of para-hydroxylation sites is 2. The molecule has 1 aliphatic rings. The summed E-state index contributed by atoms with van der Waals surface area (Å²) in [6.45, 7) is 0. The van der Waals surface area contributed by atoms with Crippen LogP contribution in [-0.4, -0.2) is 0 Å². The third-order valence-corrected chi connectivity index (χ3v) is 6.72. The van der Waals surface area contributed by atoms with Crippen molar-refractivity contribution in [2.75, 3.05) is 0 Å². The SMILES string of the molecule is c1ccc(-c2ccc3c(c2)Oc2ccccc2-c2ccccc2Oc2cc(-c4ccoc4)ccc2-3)cc1. The minimum Gasteiger partial charge on any atom is -0.472 e. The maximum atomic E-state index is 6.73. The Balaban J connectivity index is 1.49. The summed E-state index contributed by atoms with van der Waals surface area (Å²) < 4.78 is 18.8. The van der Waals surface area contributed by atoms with E-state index in [0.717, 1.165) is 67.5 Å². The van der Waals surface area contributed by atoms with Crippen LogP contribution in [0.15, 0.2) is 138 Å². The molecule has 0 N–H and O–H groups in total. The molecule has 2 heterocycles. The van der Waals surface area contributed by atoms with E-state index in [2.05, 4.69) is 72.8 Å². The Kier molecular flexibility index (Phi) is 5.11. The Morgan fingerprint density at radius 3 is 1.43 bits per heavy atom. The van der Waals surface area contributed by atoms with Gasteiger partial charge in [0.25, 0.3) is 0 Å². The standard InChI is InChI=1S/C34H22O3/c1-2-8-23(9-3-1)24-14-16-29-30-17-15-25(26-18-19-35-22-26)21-34(30)37-32-13-7-5-11-28(32)27-10-4-6-12-31(27)36-33(29)20-24/h1-22H. The van der Waals surface area contributed by atoms with Crippen LogP contribution in [-0.2, 0) is 0 Å². The van der Waals surface area contributed by atoms with Crippen LogP contribution < -0.4 is 9.47 Å². The number of benzene rings is 5. The fourth-order valence-electron chi connectivity index (χ4n) is 4.87. The largest absolute Gasteiger partial charge is 0.472 e. The molecule has 0 radical (unpaired) electrons. The number of hydrogen-bond donors (Lipinski definition) is 0. The minimum absolute atomic E-state index is 0.753. The van der Waals surface area contributed by atoms with Crippen LogP contribution >= 0.6 is 0 Å². The van der Waals surface area contributed by atoms with Gasteiger partial charge >= 0.3 is 0 Å². The molecule has 1 aromatic heterocycles. The van der Waals surface area contributed by atoms with E-state index in [1.54, 1.807) is 12.5 Å². The van der Waals surface area contributed by atoms with Gasteiger partial charge in [-0.25, -0.2) is 0 Å². The Bertz CT molecular complexity index is 1720. The molecule has 0 fully saturated rings. The molecule has 3 heteroatoms. The van der Waals surface area contributed by atoms with Crippen LogP contribution in [0.5, 0.6) is 23.0 Å². The Labute approximate surface area is 215 Å². The number of hydrogen-bond acceptors (Lipinski definition) is 3. The molecule has 176 valence electrons. The highest BCUT2D eigenvalue weighted by Crippen LogP contribution is 2.48. The van der Waals surface area contributed by atoms with Crippen LogP contribution in [0, 0.1) is 0 Å². The van der Waals surface area contributed by atoms with Crippen molar-refractivity contribution in [1.82, 2.24) is 0 Å². The van der Waals surface area contributed by atoms with Crippen molar-refractivity contribution < 1.29 is 13.9 Å². The van der Waals surface area contributed by atoms with E-state index >= 15 is 0 Å². The molecule has 37 heavy (non-hydrogen) atoms. The van der Waals surface area contributed by atoms with Gasteiger partial charge in [-0.1, -0.05) is 78.9 Å². The Hall–Kier alpha value is -5.02. The first kappa shape index (κ1) is 21.3. The molecule has 5 aromatic carbocycles. The maximum absolute atomic E-state index is 6.73. The number of ether oxygens (including phenoxy) is 2. The summed E-state index contributed by atoms with van der Waals surface area (Å²) in [5, 5.41) is 0. The second-order valence-corrected chi connectivity index (χ2v) is 9.00. The third kappa shape index (κ3) is 3.87. The van der Waals surface area contributed by atoms with Gasteiger partial charge in [0.1, 0.15) is 23.0 Å². The van der Waals surface area contributed by atoms with E-state index in [-0.39, 0.29) is 0 Å². The molecule has 0 saturated carbocycles. The Morgan fingerprint density at radius 2 is 0.865 bits per heavy atom. The molecule has 3 nitrogen and oxygen atoms in total. The smallest absolute Gasteiger partial charge is 0.136 e. The summed E-state index contributed by atoms with van der Waals surface area (Å²) in [7, 11) is 0. The molecule has 0 amide bonds. The second kappa shape index (κ2) is 8.89. The van der Waals surface area contributed by atoms with Crippen LogP contribution in [0.25, 0.3) is 44.5 Å². The maximum Gasteiger partial charge on any atom is 0.136 e. The molecule has 0 bridgehead atoms. The van der Waals surface area contributed by atoms with E-state index in [1.807, 2.05) is 48.5 Å². The molecule has 0 saturated heterocycles. The highest BCUT2D eigenvalue weighted by Gasteiger charge is 2.21. The van der Waals surface area contributed by atoms with Crippen molar-refractivity contribution in [3.05, 3.63) is 134 Å². The van der Waals surface area contributed by atoms with Crippen molar-refractivity contribution in [3.63, 3.8) is 0 Å². The van der Waals surface area contributed by atoms with E-state index in [0.29, 0.717) is 0 Å². The zero-order chi connectivity index (χ0) is 24.6. The van der Waals surface area contributed by atoms with Gasteiger partial charge in [0.2, 0.25) is 0 Å². The second-order valence-electron chi connectivity index (χ2n) is 9.00. The molecule has 0 atom stereocenters. The molecule has 0 spiro atoms. The van der Waals surface area contributed by atoms with E-state index in [1.165, 1.54) is 0 Å². The molecule has 6 aromatic rings. The lowest BCUT2D eigenvalue weighted by atomic mass is 9.96. The van der Waals surface area contributed by atoms with Gasteiger partial charge in [-0.2, -0.15) is 0 Å². The monoisotopic (exact) mass is 478 g/mol. The van der Waals surface area contributed by atoms with Crippen LogP contribution in [0.1, 0.15) is 0 Å². The summed E-state index contributed by atoms with van der Waals surface area (Å²) >= 11 is 0. The zero-order valence-corrected chi connectivity index (χ0v) is 19.9. The van der Waals surface area contributed by atoms with E-state index in [4.69, 9.17) is 13.9 Å². The molecule has 1 aliphatic heterocycles. The highest BCUT2D eigenvalue weighted by atomic mass is 16.5. The Morgan fingerprint density at radius 1 is 0.351 bits per heavy atom. The van der Waals surface area contributed by atoms with Crippen molar-refractivity contribution in [1.29, 1.82) is 0 Å². The molecule has 0 aliphatic carbocycles. The summed E-state index contributed by atoms with van der Waals surface area (Å²) in [4.78, 5) is 0. The van der Waals surface area contributed by atoms with Gasteiger partial charge in [-0.3, -0.25) is 0 Å². The summed E-state index contributed by atoms with van der Waals surface area (Å²) in [6.07, 6.45) is 3.43. The van der Waals surface area contributed by atoms with Crippen molar-refractivity contribution in [3.8, 4) is 67.5 Å². The number of furan rings is 1. The number of rotatable bonds is 2. The average Bonchev–Trinajstić information content (AvgIpc) is 3.50. The quantitative estimate of drug-likeness (QED) is 0.248. The summed E-state index contributed by atoms with van der Waals surface area (Å²) in [5.41, 5.74) is 8.11. The van der Waals surface area contributed by atoms with Gasteiger partial charge in [0.15, 0.2) is 0 Å². The average molecular weight is 479 g/mol. The molecular formula is C34H22O3. The zero-order valence-electron chi connectivity index (χ0n) is 19.9. The predicted octanol–water partition coefficient (Wildman–Crippen LogP) is 9.85.